The van der Waals surface area contributed by atoms with Crippen LogP contribution in [0.4, 0.5) is 5.69 Å². The smallest absolute Gasteiger partial charge is 0.338 e. The largest absolute Gasteiger partial charge is 0.465 e. The third-order valence-corrected chi connectivity index (χ3v) is 5.22. The molecule has 2 fully saturated rings. The van der Waals surface area contributed by atoms with Gasteiger partial charge < -0.3 is 9.64 Å². The van der Waals surface area contributed by atoms with Crippen molar-refractivity contribution < 1.29 is 9.53 Å². The summed E-state index contributed by atoms with van der Waals surface area (Å²) in [5, 5.41) is 0.879. The summed E-state index contributed by atoms with van der Waals surface area (Å²) in [7, 11) is 1.42. The summed E-state index contributed by atoms with van der Waals surface area (Å²) < 4.78 is 4.89. The number of hydrogen-bond donors (Lipinski definition) is 0. The number of hydrogen-bond acceptors (Lipinski definition) is 4. The molecule has 1 saturated heterocycles. The molecule has 114 valence electrons. The lowest BCUT2D eigenvalue weighted by atomic mass is 10.0. The monoisotopic (exact) mass is 296 g/mol. The van der Waals surface area contributed by atoms with Crippen LogP contribution in [0.2, 0.25) is 0 Å². The van der Waals surface area contributed by atoms with Gasteiger partial charge in [0.05, 0.1) is 18.2 Å². The molecule has 4 rings (SSSR count). The zero-order valence-corrected chi connectivity index (χ0v) is 12.8. The van der Waals surface area contributed by atoms with E-state index in [1.807, 2.05) is 6.07 Å². The summed E-state index contributed by atoms with van der Waals surface area (Å²) >= 11 is 0. The highest BCUT2D eigenvalue weighted by atomic mass is 16.5. The van der Waals surface area contributed by atoms with E-state index in [2.05, 4.69) is 22.0 Å². The highest BCUT2D eigenvalue weighted by Gasteiger charge is 2.36. The highest BCUT2D eigenvalue weighted by Crippen LogP contribution is 2.40. The number of fused-ring (bicyclic) bond motifs is 2. The van der Waals surface area contributed by atoms with Crippen molar-refractivity contribution in [1.82, 2.24) is 4.98 Å². The Hall–Kier alpha value is -2.10. The normalized spacial score (nSPS) is 23.8. The fourth-order valence-electron chi connectivity index (χ4n) is 4.06. The minimum atomic E-state index is -0.303. The first-order valence-corrected chi connectivity index (χ1v) is 7.98. The molecule has 1 aliphatic heterocycles. The van der Waals surface area contributed by atoms with Crippen molar-refractivity contribution in [3.63, 3.8) is 0 Å². The number of anilines is 1. The average molecular weight is 296 g/mol. The number of esters is 1. The Bertz CT molecular complexity index is 716. The predicted molar refractivity (Wildman–Crippen MR) is 86.1 cm³/mol. The Labute approximate surface area is 130 Å². The summed E-state index contributed by atoms with van der Waals surface area (Å²) in [6.45, 7) is 2.29. The molecular weight excluding hydrogens is 276 g/mol. The molecular formula is C18H20N2O2. The minimum Gasteiger partial charge on any atom is -0.465 e. The van der Waals surface area contributed by atoms with Gasteiger partial charge in [-0.25, -0.2) is 4.79 Å². The fraction of sp³-hybridized carbons (Fsp3) is 0.444. The van der Waals surface area contributed by atoms with Crippen molar-refractivity contribution in [2.45, 2.75) is 19.3 Å². The maximum Gasteiger partial charge on any atom is 0.338 e. The van der Waals surface area contributed by atoms with E-state index in [9.17, 15) is 4.79 Å². The van der Waals surface area contributed by atoms with Gasteiger partial charge >= 0.3 is 5.97 Å². The lowest BCUT2D eigenvalue weighted by Crippen LogP contribution is -2.20. The van der Waals surface area contributed by atoms with Crippen molar-refractivity contribution in [2.24, 2.45) is 11.8 Å². The number of benzene rings is 1. The van der Waals surface area contributed by atoms with E-state index in [4.69, 9.17) is 4.74 Å². The molecule has 1 aliphatic carbocycles. The SMILES string of the molecule is COC(=O)c1ccnc2ccc(N3CC4CCCC4C3)cc12. The van der Waals surface area contributed by atoms with E-state index in [0.717, 1.165) is 35.8 Å². The van der Waals surface area contributed by atoms with Crippen LogP contribution in [-0.4, -0.2) is 31.2 Å². The van der Waals surface area contributed by atoms with Crippen LogP contribution < -0.4 is 4.90 Å². The number of carbonyl (C=O) groups is 1. The second kappa shape index (κ2) is 5.27. The van der Waals surface area contributed by atoms with Crippen LogP contribution in [0.1, 0.15) is 29.6 Å². The molecule has 0 radical (unpaired) electrons. The molecule has 1 saturated carbocycles. The molecule has 1 aromatic carbocycles. The summed E-state index contributed by atoms with van der Waals surface area (Å²) in [5.74, 6) is 1.40. The van der Waals surface area contributed by atoms with Crippen molar-refractivity contribution in [3.8, 4) is 0 Å². The van der Waals surface area contributed by atoms with E-state index >= 15 is 0 Å². The lowest BCUT2D eigenvalue weighted by molar-refractivity contribution is 0.0603. The molecule has 2 heterocycles. The molecule has 2 aromatic rings. The first kappa shape index (κ1) is 13.6. The number of methoxy groups -OCH3 is 1. The van der Waals surface area contributed by atoms with E-state index in [0.29, 0.717) is 5.56 Å². The van der Waals surface area contributed by atoms with Crippen LogP contribution >= 0.6 is 0 Å². The topological polar surface area (TPSA) is 42.4 Å². The molecule has 0 bridgehead atoms. The Morgan fingerprint density at radius 3 is 2.73 bits per heavy atom. The van der Waals surface area contributed by atoms with E-state index in [1.54, 1.807) is 12.3 Å². The quantitative estimate of drug-likeness (QED) is 0.798. The Balaban J connectivity index is 1.72. The van der Waals surface area contributed by atoms with Gasteiger partial charge in [-0.1, -0.05) is 6.42 Å². The molecule has 0 spiro atoms. The van der Waals surface area contributed by atoms with Crippen LogP contribution in [0.3, 0.4) is 0 Å². The van der Waals surface area contributed by atoms with Gasteiger partial charge in [-0.2, -0.15) is 0 Å². The van der Waals surface area contributed by atoms with Crippen LogP contribution in [0.15, 0.2) is 30.5 Å². The molecule has 4 heteroatoms. The van der Waals surface area contributed by atoms with Gasteiger partial charge in [0, 0.05) is 30.4 Å². The highest BCUT2D eigenvalue weighted by molar-refractivity contribution is 6.04. The van der Waals surface area contributed by atoms with E-state index < -0.39 is 0 Å². The number of aromatic nitrogens is 1. The predicted octanol–water partition coefficient (Wildman–Crippen LogP) is 3.26. The van der Waals surface area contributed by atoms with Crippen LogP contribution in [0.5, 0.6) is 0 Å². The van der Waals surface area contributed by atoms with Crippen molar-refractivity contribution >= 4 is 22.6 Å². The number of pyridine rings is 1. The third kappa shape index (κ3) is 2.14. The molecule has 0 N–H and O–H groups in total. The summed E-state index contributed by atoms with van der Waals surface area (Å²) in [6, 6.07) is 7.95. The van der Waals surface area contributed by atoms with Crippen molar-refractivity contribution in [3.05, 3.63) is 36.0 Å². The summed E-state index contributed by atoms with van der Waals surface area (Å²) in [5.41, 5.74) is 2.62. The molecule has 2 atom stereocenters. The van der Waals surface area contributed by atoms with Crippen molar-refractivity contribution in [1.29, 1.82) is 0 Å². The second-order valence-corrected chi connectivity index (χ2v) is 6.41. The summed E-state index contributed by atoms with van der Waals surface area (Å²) in [4.78, 5) is 18.8. The zero-order valence-electron chi connectivity index (χ0n) is 12.8. The van der Waals surface area contributed by atoms with Crippen LogP contribution in [0.25, 0.3) is 10.9 Å². The van der Waals surface area contributed by atoms with Gasteiger partial charge in [-0.05, 0) is 48.9 Å². The minimum absolute atomic E-state index is 0.303. The van der Waals surface area contributed by atoms with Crippen LogP contribution in [-0.2, 0) is 4.74 Å². The standard InChI is InChI=1S/C18H20N2O2/c1-22-18(21)15-7-8-19-17-6-5-14(9-16(15)17)20-10-12-3-2-4-13(12)11-20/h5-9,12-13H,2-4,10-11H2,1H3. The van der Waals surface area contributed by atoms with Gasteiger partial charge in [0.1, 0.15) is 0 Å². The Morgan fingerprint density at radius 1 is 1.23 bits per heavy atom. The number of ether oxygens (including phenoxy) is 1. The van der Waals surface area contributed by atoms with Crippen LogP contribution in [0, 0.1) is 11.8 Å². The first-order chi connectivity index (χ1) is 10.8. The average Bonchev–Trinajstić information content (AvgIpc) is 3.14. The number of rotatable bonds is 2. The Morgan fingerprint density at radius 2 is 2.00 bits per heavy atom. The van der Waals surface area contributed by atoms with Gasteiger partial charge in [0.2, 0.25) is 0 Å². The van der Waals surface area contributed by atoms with Gasteiger partial charge in [-0.15, -0.1) is 0 Å². The Kier molecular flexibility index (Phi) is 3.25. The first-order valence-electron chi connectivity index (χ1n) is 7.98. The molecule has 0 amide bonds. The zero-order chi connectivity index (χ0) is 15.1. The third-order valence-electron chi connectivity index (χ3n) is 5.22. The van der Waals surface area contributed by atoms with Gasteiger partial charge in [-0.3, -0.25) is 4.98 Å². The van der Waals surface area contributed by atoms with Gasteiger partial charge in [0.25, 0.3) is 0 Å². The summed E-state index contributed by atoms with van der Waals surface area (Å²) in [6.07, 6.45) is 5.78. The number of carbonyl (C=O) groups excluding carboxylic acids is 1. The molecule has 1 aromatic heterocycles. The molecule has 2 unspecified atom stereocenters. The molecule has 2 aliphatic rings. The van der Waals surface area contributed by atoms with E-state index in [-0.39, 0.29) is 5.97 Å². The lowest BCUT2D eigenvalue weighted by Gasteiger charge is -2.20. The number of nitrogens with zero attached hydrogens (tertiary/aromatic N) is 2. The fourth-order valence-corrected chi connectivity index (χ4v) is 4.06. The maximum atomic E-state index is 12.0. The van der Waals surface area contributed by atoms with E-state index in [1.165, 1.54) is 32.1 Å². The van der Waals surface area contributed by atoms with Crippen molar-refractivity contribution in [2.75, 3.05) is 25.1 Å². The molecule has 4 nitrogen and oxygen atoms in total. The van der Waals surface area contributed by atoms with Gasteiger partial charge in [0.15, 0.2) is 0 Å². The second-order valence-electron chi connectivity index (χ2n) is 6.41. The molecule has 22 heavy (non-hydrogen) atoms. The maximum absolute atomic E-state index is 12.0.